The van der Waals surface area contributed by atoms with Crippen molar-refractivity contribution in [3.8, 4) is 23.0 Å². The third-order valence-corrected chi connectivity index (χ3v) is 5.36. The van der Waals surface area contributed by atoms with Crippen LogP contribution in [0.4, 0.5) is 4.39 Å². The molecule has 0 unspecified atom stereocenters. The van der Waals surface area contributed by atoms with Crippen molar-refractivity contribution >= 4 is 5.91 Å². The molecule has 0 bridgehead atoms. The summed E-state index contributed by atoms with van der Waals surface area (Å²) in [6.07, 6.45) is 0. The Morgan fingerprint density at radius 1 is 1.23 bits per heavy atom. The fraction of sp³-hybridized carbons (Fsp3) is 0.304. The standard InChI is InChI=1S/C23H24FN3O4/c1-14-19(26-23(31-14)18-8-7-17(29-2)12-20(18)30-3)13-27-10-9-25-22(28)21(27)15-5-4-6-16(24)11-15/h4-8,11-12,21H,9-10,13H2,1-3H3,(H,25,28)/t21-/m0/s1. The molecule has 1 fully saturated rings. The second kappa shape index (κ2) is 8.77. The number of nitrogens with zero attached hydrogens (tertiary/aromatic N) is 2. The number of carbonyl (C=O) groups is 1. The Kier molecular flexibility index (Phi) is 5.90. The van der Waals surface area contributed by atoms with Crippen LogP contribution in [0.5, 0.6) is 11.5 Å². The van der Waals surface area contributed by atoms with Crippen LogP contribution in [0.2, 0.25) is 0 Å². The van der Waals surface area contributed by atoms with Crippen LogP contribution in [0.3, 0.4) is 0 Å². The summed E-state index contributed by atoms with van der Waals surface area (Å²) in [7, 11) is 3.16. The lowest BCUT2D eigenvalue weighted by atomic mass is 10.0. The Bertz CT molecular complexity index is 1100. The van der Waals surface area contributed by atoms with Gasteiger partial charge in [-0.1, -0.05) is 12.1 Å². The molecule has 0 aliphatic carbocycles. The lowest BCUT2D eigenvalue weighted by molar-refractivity contribution is -0.129. The number of ether oxygens (including phenoxy) is 2. The highest BCUT2D eigenvalue weighted by atomic mass is 19.1. The van der Waals surface area contributed by atoms with Crippen molar-refractivity contribution in [2.24, 2.45) is 0 Å². The molecule has 162 valence electrons. The molecule has 2 aromatic carbocycles. The number of aromatic nitrogens is 1. The van der Waals surface area contributed by atoms with Gasteiger partial charge in [0.15, 0.2) is 0 Å². The number of nitrogens with one attached hydrogen (secondary N) is 1. The minimum atomic E-state index is -0.598. The summed E-state index contributed by atoms with van der Waals surface area (Å²) in [5, 5.41) is 2.86. The topological polar surface area (TPSA) is 76.8 Å². The number of amides is 1. The van der Waals surface area contributed by atoms with E-state index in [1.807, 2.05) is 24.0 Å². The Hall–Kier alpha value is -3.39. The van der Waals surface area contributed by atoms with E-state index in [1.165, 1.54) is 12.1 Å². The van der Waals surface area contributed by atoms with Gasteiger partial charge in [-0.2, -0.15) is 0 Å². The number of methoxy groups -OCH3 is 2. The molecule has 4 rings (SSSR count). The fourth-order valence-electron chi connectivity index (χ4n) is 3.78. The molecule has 2 heterocycles. The number of halogens is 1. The molecule has 1 saturated heterocycles. The smallest absolute Gasteiger partial charge is 0.242 e. The quantitative estimate of drug-likeness (QED) is 0.652. The molecular formula is C23H24FN3O4. The number of hydrogen-bond acceptors (Lipinski definition) is 6. The average Bonchev–Trinajstić information content (AvgIpc) is 3.13. The van der Waals surface area contributed by atoms with Gasteiger partial charge in [0.2, 0.25) is 11.8 Å². The zero-order chi connectivity index (χ0) is 22.0. The first-order chi connectivity index (χ1) is 15.0. The van der Waals surface area contributed by atoms with Crippen molar-refractivity contribution in [2.45, 2.75) is 19.5 Å². The lowest BCUT2D eigenvalue weighted by Crippen LogP contribution is -2.49. The molecule has 1 atom stereocenters. The molecular weight excluding hydrogens is 401 g/mol. The predicted octanol–water partition coefficient (Wildman–Crippen LogP) is 3.48. The van der Waals surface area contributed by atoms with E-state index in [1.54, 1.807) is 32.4 Å². The third-order valence-electron chi connectivity index (χ3n) is 5.36. The molecule has 1 amide bonds. The van der Waals surface area contributed by atoms with Gasteiger partial charge >= 0.3 is 0 Å². The molecule has 3 aromatic rings. The number of aryl methyl sites for hydroxylation is 1. The van der Waals surface area contributed by atoms with Crippen molar-refractivity contribution in [3.63, 3.8) is 0 Å². The number of piperazine rings is 1. The fourth-order valence-corrected chi connectivity index (χ4v) is 3.78. The maximum Gasteiger partial charge on any atom is 0.242 e. The zero-order valence-electron chi connectivity index (χ0n) is 17.6. The van der Waals surface area contributed by atoms with Gasteiger partial charge in [0.25, 0.3) is 0 Å². The van der Waals surface area contributed by atoms with Gasteiger partial charge in [-0.05, 0) is 36.8 Å². The molecule has 31 heavy (non-hydrogen) atoms. The van der Waals surface area contributed by atoms with E-state index in [4.69, 9.17) is 13.9 Å². The van der Waals surface area contributed by atoms with Crippen molar-refractivity contribution < 1.29 is 23.1 Å². The van der Waals surface area contributed by atoms with Crippen LogP contribution < -0.4 is 14.8 Å². The highest BCUT2D eigenvalue weighted by Crippen LogP contribution is 2.34. The molecule has 0 radical (unpaired) electrons. The van der Waals surface area contributed by atoms with E-state index in [0.29, 0.717) is 59.6 Å². The van der Waals surface area contributed by atoms with Gasteiger partial charge in [-0.15, -0.1) is 0 Å². The van der Waals surface area contributed by atoms with E-state index in [0.717, 1.165) is 0 Å². The Morgan fingerprint density at radius 2 is 2.06 bits per heavy atom. The summed E-state index contributed by atoms with van der Waals surface area (Å²) in [6.45, 7) is 3.35. The second-order valence-corrected chi connectivity index (χ2v) is 7.31. The van der Waals surface area contributed by atoms with Gasteiger partial charge in [0, 0.05) is 25.7 Å². The highest BCUT2D eigenvalue weighted by Gasteiger charge is 2.32. The molecule has 1 aromatic heterocycles. The van der Waals surface area contributed by atoms with Crippen LogP contribution in [-0.4, -0.2) is 43.1 Å². The summed E-state index contributed by atoms with van der Waals surface area (Å²) >= 11 is 0. The van der Waals surface area contributed by atoms with Crippen molar-refractivity contribution in [1.82, 2.24) is 15.2 Å². The first-order valence-electron chi connectivity index (χ1n) is 9.96. The third kappa shape index (κ3) is 4.25. The lowest BCUT2D eigenvalue weighted by Gasteiger charge is -2.34. The first kappa shape index (κ1) is 20.9. The van der Waals surface area contributed by atoms with Crippen molar-refractivity contribution in [1.29, 1.82) is 0 Å². The van der Waals surface area contributed by atoms with E-state index >= 15 is 0 Å². The van der Waals surface area contributed by atoms with Gasteiger partial charge in [-0.25, -0.2) is 9.37 Å². The van der Waals surface area contributed by atoms with Gasteiger partial charge in [-0.3, -0.25) is 9.69 Å². The van der Waals surface area contributed by atoms with Crippen LogP contribution in [0.1, 0.15) is 23.1 Å². The Balaban J connectivity index is 1.64. The normalized spacial score (nSPS) is 16.8. The Morgan fingerprint density at radius 3 is 2.81 bits per heavy atom. The maximum absolute atomic E-state index is 13.8. The van der Waals surface area contributed by atoms with E-state index in [2.05, 4.69) is 10.3 Å². The summed E-state index contributed by atoms with van der Waals surface area (Å²) in [5.74, 6) is 1.80. The maximum atomic E-state index is 13.8. The summed E-state index contributed by atoms with van der Waals surface area (Å²) in [4.78, 5) is 19.3. The molecule has 0 spiro atoms. The number of benzene rings is 2. The van der Waals surface area contributed by atoms with E-state index < -0.39 is 6.04 Å². The summed E-state index contributed by atoms with van der Waals surface area (Å²) < 4.78 is 30.4. The number of oxazole rings is 1. The largest absolute Gasteiger partial charge is 0.497 e. The van der Waals surface area contributed by atoms with Crippen LogP contribution in [-0.2, 0) is 11.3 Å². The predicted molar refractivity (Wildman–Crippen MR) is 112 cm³/mol. The van der Waals surface area contributed by atoms with E-state index in [-0.39, 0.29) is 11.7 Å². The summed E-state index contributed by atoms with van der Waals surface area (Å²) in [5.41, 5.74) is 2.02. The van der Waals surface area contributed by atoms with E-state index in [9.17, 15) is 9.18 Å². The number of rotatable bonds is 6. The van der Waals surface area contributed by atoms with Gasteiger partial charge < -0.3 is 19.2 Å². The molecule has 7 nitrogen and oxygen atoms in total. The SMILES string of the molecule is COc1ccc(-c2nc(CN3CCNC(=O)[C@@H]3c3cccc(F)c3)c(C)o2)c(OC)c1. The second-order valence-electron chi connectivity index (χ2n) is 7.31. The first-order valence-corrected chi connectivity index (χ1v) is 9.96. The minimum Gasteiger partial charge on any atom is -0.497 e. The Labute approximate surface area is 179 Å². The van der Waals surface area contributed by atoms with Crippen molar-refractivity contribution in [2.75, 3.05) is 27.3 Å². The molecule has 1 N–H and O–H groups in total. The van der Waals surface area contributed by atoms with Crippen LogP contribution in [0.25, 0.3) is 11.5 Å². The van der Waals surface area contributed by atoms with Crippen molar-refractivity contribution in [3.05, 3.63) is 65.3 Å². The number of hydrogen-bond donors (Lipinski definition) is 1. The van der Waals surface area contributed by atoms with Crippen LogP contribution in [0.15, 0.2) is 46.9 Å². The zero-order valence-corrected chi connectivity index (χ0v) is 17.6. The van der Waals surface area contributed by atoms with Gasteiger partial charge in [0.05, 0.1) is 25.5 Å². The summed E-state index contributed by atoms with van der Waals surface area (Å²) in [6, 6.07) is 10.9. The molecule has 0 saturated carbocycles. The number of carbonyl (C=O) groups excluding carboxylic acids is 1. The average molecular weight is 425 g/mol. The highest BCUT2D eigenvalue weighted by molar-refractivity contribution is 5.83. The van der Waals surface area contributed by atoms with Crippen LogP contribution >= 0.6 is 0 Å². The van der Waals surface area contributed by atoms with Crippen LogP contribution in [0, 0.1) is 12.7 Å². The molecule has 1 aliphatic heterocycles. The van der Waals surface area contributed by atoms with Gasteiger partial charge in [0.1, 0.15) is 29.1 Å². The monoisotopic (exact) mass is 425 g/mol. The molecule has 1 aliphatic rings. The molecule has 8 heteroatoms. The minimum absolute atomic E-state index is 0.157.